The molecule has 0 fully saturated rings. The largest absolute Gasteiger partial charge is 0.476 e. The standard InChI is InChI=1S/C25H21FN2O4/c1-13-10-18(15(3)28-20-8-5-9-27-21(20)25(30)31)24-19(11-13)22(29)14(2)23(32-24)16-6-4-7-17(26)12-16/h4-12,15,28H,1-3H3,(H,30,31). The lowest BCUT2D eigenvalue weighted by molar-refractivity contribution is 0.0691. The van der Waals surface area contributed by atoms with Crippen molar-refractivity contribution in [2.24, 2.45) is 0 Å². The number of halogens is 1. The SMILES string of the molecule is Cc1cc(C(C)Nc2cccnc2C(=O)O)c2oc(-c3cccc(F)c3)c(C)c(=O)c2c1. The highest BCUT2D eigenvalue weighted by molar-refractivity contribution is 5.92. The molecule has 0 aliphatic rings. The van der Waals surface area contributed by atoms with Crippen LogP contribution in [0.4, 0.5) is 10.1 Å². The van der Waals surface area contributed by atoms with Gasteiger partial charge in [0.1, 0.15) is 17.2 Å². The van der Waals surface area contributed by atoms with Crippen LogP contribution in [0.25, 0.3) is 22.3 Å². The van der Waals surface area contributed by atoms with Gasteiger partial charge in [-0.05, 0) is 56.7 Å². The van der Waals surface area contributed by atoms with Crippen molar-refractivity contribution in [2.45, 2.75) is 26.8 Å². The maximum atomic E-state index is 13.8. The molecular formula is C25H21FN2O4. The van der Waals surface area contributed by atoms with Gasteiger partial charge in [-0.1, -0.05) is 18.2 Å². The van der Waals surface area contributed by atoms with Crippen LogP contribution in [0.5, 0.6) is 0 Å². The minimum atomic E-state index is -1.15. The molecule has 32 heavy (non-hydrogen) atoms. The quantitative estimate of drug-likeness (QED) is 0.434. The highest BCUT2D eigenvalue weighted by atomic mass is 19.1. The van der Waals surface area contributed by atoms with Gasteiger partial charge < -0.3 is 14.8 Å². The Balaban J connectivity index is 1.90. The number of fused-ring (bicyclic) bond motifs is 1. The molecule has 2 aromatic carbocycles. The van der Waals surface area contributed by atoms with E-state index in [-0.39, 0.29) is 11.1 Å². The van der Waals surface area contributed by atoms with Crippen molar-refractivity contribution < 1.29 is 18.7 Å². The number of pyridine rings is 1. The Kier molecular flexibility index (Phi) is 5.48. The third-order valence-corrected chi connectivity index (χ3v) is 5.33. The van der Waals surface area contributed by atoms with Crippen molar-refractivity contribution in [3.05, 3.63) is 93.2 Å². The lowest BCUT2D eigenvalue weighted by atomic mass is 9.98. The molecule has 0 amide bonds. The Bertz CT molecular complexity index is 1410. The van der Waals surface area contributed by atoms with Crippen LogP contribution >= 0.6 is 0 Å². The maximum absolute atomic E-state index is 13.8. The number of rotatable bonds is 5. The number of benzene rings is 2. The molecule has 162 valence electrons. The van der Waals surface area contributed by atoms with E-state index in [1.54, 1.807) is 37.3 Å². The van der Waals surface area contributed by atoms with Crippen molar-refractivity contribution in [3.8, 4) is 11.3 Å². The van der Waals surface area contributed by atoms with Crippen molar-refractivity contribution >= 4 is 22.6 Å². The molecule has 2 heterocycles. The lowest BCUT2D eigenvalue weighted by Gasteiger charge is -2.19. The van der Waals surface area contributed by atoms with Gasteiger partial charge in [0.25, 0.3) is 0 Å². The number of nitrogens with zero attached hydrogens (tertiary/aromatic N) is 1. The fraction of sp³-hybridized carbons (Fsp3) is 0.160. The molecule has 0 radical (unpaired) electrons. The predicted octanol–water partition coefficient (Wildman–Crippen LogP) is 5.48. The summed E-state index contributed by atoms with van der Waals surface area (Å²) in [6.45, 7) is 5.37. The monoisotopic (exact) mass is 432 g/mol. The molecule has 0 spiro atoms. The second-order valence-electron chi connectivity index (χ2n) is 7.70. The predicted molar refractivity (Wildman–Crippen MR) is 121 cm³/mol. The maximum Gasteiger partial charge on any atom is 0.356 e. The van der Waals surface area contributed by atoms with Gasteiger partial charge in [0.15, 0.2) is 11.1 Å². The van der Waals surface area contributed by atoms with Gasteiger partial charge in [-0.3, -0.25) is 4.79 Å². The molecule has 6 nitrogen and oxygen atoms in total. The highest BCUT2D eigenvalue weighted by Gasteiger charge is 2.20. The third kappa shape index (κ3) is 3.85. The van der Waals surface area contributed by atoms with E-state index in [4.69, 9.17) is 4.42 Å². The Morgan fingerprint density at radius 2 is 1.94 bits per heavy atom. The molecular weight excluding hydrogens is 411 g/mol. The number of anilines is 1. The summed E-state index contributed by atoms with van der Waals surface area (Å²) in [5, 5.41) is 13.0. The van der Waals surface area contributed by atoms with E-state index in [1.165, 1.54) is 18.3 Å². The average Bonchev–Trinajstić information content (AvgIpc) is 2.76. The fourth-order valence-corrected chi connectivity index (χ4v) is 3.80. The van der Waals surface area contributed by atoms with Crippen molar-refractivity contribution in [1.82, 2.24) is 4.98 Å². The number of carboxylic acids is 1. The second-order valence-corrected chi connectivity index (χ2v) is 7.70. The Morgan fingerprint density at radius 3 is 2.66 bits per heavy atom. The van der Waals surface area contributed by atoms with Gasteiger partial charge in [-0.25, -0.2) is 14.2 Å². The number of nitrogens with one attached hydrogen (secondary N) is 1. The summed E-state index contributed by atoms with van der Waals surface area (Å²) >= 11 is 0. The van der Waals surface area contributed by atoms with E-state index in [9.17, 15) is 19.1 Å². The van der Waals surface area contributed by atoms with Crippen molar-refractivity contribution in [2.75, 3.05) is 5.32 Å². The molecule has 0 saturated heterocycles. The normalized spacial score (nSPS) is 12.0. The Labute approximate surface area is 183 Å². The molecule has 4 rings (SSSR count). The zero-order chi connectivity index (χ0) is 23.0. The number of aromatic nitrogens is 1. The van der Waals surface area contributed by atoms with E-state index < -0.39 is 17.8 Å². The van der Waals surface area contributed by atoms with Crippen LogP contribution in [-0.2, 0) is 0 Å². The zero-order valence-corrected chi connectivity index (χ0v) is 17.8. The fourth-order valence-electron chi connectivity index (χ4n) is 3.80. The van der Waals surface area contributed by atoms with E-state index in [1.807, 2.05) is 19.9 Å². The summed E-state index contributed by atoms with van der Waals surface area (Å²) in [6, 6.07) is 12.4. The van der Waals surface area contributed by atoms with Gasteiger partial charge in [0, 0.05) is 22.9 Å². The first-order valence-corrected chi connectivity index (χ1v) is 10.0. The minimum absolute atomic E-state index is 0.103. The summed E-state index contributed by atoms with van der Waals surface area (Å²) in [4.78, 5) is 28.6. The summed E-state index contributed by atoms with van der Waals surface area (Å²) in [7, 11) is 0. The first kappa shape index (κ1) is 21.2. The molecule has 0 saturated carbocycles. The van der Waals surface area contributed by atoms with Crippen molar-refractivity contribution in [3.63, 3.8) is 0 Å². The first-order valence-electron chi connectivity index (χ1n) is 10.0. The average molecular weight is 432 g/mol. The topological polar surface area (TPSA) is 92.4 Å². The summed E-state index contributed by atoms with van der Waals surface area (Å²) in [5.74, 6) is -1.28. The molecule has 0 aliphatic carbocycles. The van der Waals surface area contributed by atoms with Crippen LogP contribution in [-0.4, -0.2) is 16.1 Å². The van der Waals surface area contributed by atoms with Gasteiger partial charge in [0.05, 0.1) is 17.1 Å². The highest BCUT2D eigenvalue weighted by Crippen LogP contribution is 2.32. The zero-order valence-electron chi connectivity index (χ0n) is 17.8. The molecule has 7 heteroatoms. The van der Waals surface area contributed by atoms with Crippen LogP contribution in [0.1, 0.15) is 40.1 Å². The number of hydrogen-bond donors (Lipinski definition) is 2. The van der Waals surface area contributed by atoms with Crippen LogP contribution in [0.2, 0.25) is 0 Å². The molecule has 4 aromatic rings. The van der Waals surface area contributed by atoms with Crippen LogP contribution < -0.4 is 10.7 Å². The number of aryl methyl sites for hydroxylation is 1. The molecule has 0 aliphatic heterocycles. The molecule has 2 aromatic heterocycles. The number of aromatic carboxylic acids is 1. The number of carbonyl (C=O) groups is 1. The minimum Gasteiger partial charge on any atom is -0.476 e. The molecule has 2 N–H and O–H groups in total. The summed E-state index contributed by atoms with van der Waals surface area (Å²) < 4.78 is 20.0. The smallest absolute Gasteiger partial charge is 0.356 e. The molecule has 1 atom stereocenters. The van der Waals surface area contributed by atoms with E-state index in [0.29, 0.717) is 39.1 Å². The number of carboxylic acid groups (broad SMARTS) is 1. The van der Waals surface area contributed by atoms with E-state index in [0.717, 1.165) is 5.56 Å². The van der Waals surface area contributed by atoms with Crippen molar-refractivity contribution in [1.29, 1.82) is 0 Å². The van der Waals surface area contributed by atoms with Gasteiger partial charge in [-0.2, -0.15) is 0 Å². The second kappa shape index (κ2) is 8.26. The summed E-state index contributed by atoms with van der Waals surface area (Å²) in [6.07, 6.45) is 1.41. The van der Waals surface area contributed by atoms with Gasteiger partial charge in [-0.15, -0.1) is 0 Å². The van der Waals surface area contributed by atoms with Crippen LogP contribution in [0, 0.1) is 19.7 Å². The van der Waals surface area contributed by atoms with Crippen LogP contribution in [0.3, 0.4) is 0 Å². The molecule has 1 unspecified atom stereocenters. The van der Waals surface area contributed by atoms with Crippen LogP contribution in [0.15, 0.2) is 63.9 Å². The Morgan fingerprint density at radius 1 is 1.16 bits per heavy atom. The number of hydrogen-bond acceptors (Lipinski definition) is 5. The third-order valence-electron chi connectivity index (χ3n) is 5.33. The first-order chi connectivity index (χ1) is 15.3. The summed E-state index contributed by atoms with van der Waals surface area (Å²) in [5.41, 5.74) is 2.80. The molecule has 0 bridgehead atoms. The van der Waals surface area contributed by atoms with E-state index in [2.05, 4.69) is 10.3 Å². The van der Waals surface area contributed by atoms with E-state index >= 15 is 0 Å². The van der Waals surface area contributed by atoms with Gasteiger partial charge >= 0.3 is 5.97 Å². The lowest BCUT2D eigenvalue weighted by Crippen LogP contribution is -2.14. The van der Waals surface area contributed by atoms with Gasteiger partial charge in [0.2, 0.25) is 0 Å². The Hall–Kier alpha value is -4.00.